The average molecular weight is 359 g/mol. The summed E-state index contributed by atoms with van der Waals surface area (Å²) in [6.45, 7) is 4.25. The van der Waals surface area contributed by atoms with E-state index in [0.717, 1.165) is 22.4 Å². The third kappa shape index (κ3) is 4.34. The Morgan fingerprint density at radius 3 is 2.52 bits per heavy atom. The molecule has 1 heterocycles. The summed E-state index contributed by atoms with van der Waals surface area (Å²) < 4.78 is 2.22. The first-order valence-corrected chi connectivity index (χ1v) is 9.59. The van der Waals surface area contributed by atoms with Gasteiger partial charge < -0.3 is 14.8 Å². The van der Waals surface area contributed by atoms with E-state index in [2.05, 4.69) is 33.9 Å². The molecular weight excluding hydrogens is 334 g/mol. The highest BCUT2D eigenvalue weighted by Gasteiger charge is 2.30. The van der Waals surface area contributed by atoms with Gasteiger partial charge in [0.25, 0.3) is 0 Å². The maximum absolute atomic E-state index is 12.2. The van der Waals surface area contributed by atoms with Gasteiger partial charge in [-0.25, -0.2) is 0 Å². The molecule has 25 heavy (non-hydrogen) atoms. The normalized spacial score (nSPS) is 14.0. The molecule has 1 N–H and O–H groups in total. The van der Waals surface area contributed by atoms with Crippen LogP contribution in [0.2, 0.25) is 0 Å². The zero-order chi connectivity index (χ0) is 18.0. The summed E-state index contributed by atoms with van der Waals surface area (Å²) in [6.07, 6.45) is 2.35. The summed E-state index contributed by atoms with van der Waals surface area (Å²) in [5, 5.41) is 12.4. The summed E-state index contributed by atoms with van der Waals surface area (Å²) >= 11 is 1.46. The van der Waals surface area contributed by atoms with Crippen LogP contribution in [0.15, 0.2) is 29.4 Å². The summed E-state index contributed by atoms with van der Waals surface area (Å²) in [6, 6.07) is 8.32. The Kier molecular flexibility index (Phi) is 5.32. The monoisotopic (exact) mass is 359 g/mol. The van der Waals surface area contributed by atoms with Crippen LogP contribution < -0.4 is 10.2 Å². The molecule has 1 aromatic heterocycles. The predicted octanol–water partition coefficient (Wildman–Crippen LogP) is 3.53. The average Bonchev–Trinajstić information content (AvgIpc) is 3.32. The van der Waals surface area contributed by atoms with E-state index in [1.165, 1.54) is 24.6 Å². The molecule has 1 aliphatic carbocycles. The quantitative estimate of drug-likeness (QED) is 0.766. The van der Waals surface area contributed by atoms with Crippen molar-refractivity contribution in [3.63, 3.8) is 0 Å². The van der Waals surface area contributed by atoms with E-state index in [0.29, 0.717) is 17.7 Å². The SMILES string of the molecule is CC(C)c1nnc(SCC(=O)Nc2ccc(N(C)C)cc2)n1C1CC1. The van der Waals surface area contributed by atoms with E-state index in [-0.39, 0.29) is 5.91 Å². The van der Waals surface area contributed by atoms with Gasteiger partial charge in [-0.2, -0.15) is 0 Å². The number of nitrogens with zero attached hydrogens (tertiary/aromatic N) is 4. The Morgan fingerprint density at radius 2 is 1.96 bits per heavy atom. The molecule has 0 saturated heterocycles. The lowest BCUT2D eigenvalue weighted by molar-refractivity contribution is -0.113. The standard InChI is InChI=1S/C18H25N5OS/c1-12(2)17-20-21-18(23(17)15-9-10-15)25-11-16(24)19-13-5-7-14(8-6-13)22(3)4/h5-8,12,15H,9-11H2,1-4H3,(H,19,24). The first kappa shape index (κ1) is 17.8. The molecule has 2 aromatic rings. The van der Waals surface area contributed by atoms with Crippen LogP contribution in [0.25, 0.3) is 0 Å². The van der Waals surface area contributed by atoms with E-state index >= 15 is 0 Å². The van der Waals surface area contributed by atoms with Gasteiger partial charge in [0.2, 0.25) is 5.91 Å². The van der Waals surface area contributed by atoms with Gasteiger partial charge in [0.05, 0.1) is 5.75 Å². The van der Waals surface area contributed by atoms with Crippen molar-refractivity contribution in [2.45, 2.75) is 43.8 Å². The minimum absolute atomic E-state index is 0.0287. The molecule has 1 saturated carbocycles. The van der Waals surface area contributed by atoms with Gasteiger partial charge in [0.1, 0.15) is 5.82 Å². The highest BCUT2D eigenvalue weighted by molar-refractivity contribution is 7.99. The third-order valence-electron chi connectivity index (χ3n) is 4.12. The summed E-state index contributed by atoms with van der Waals surface area (Å²) in [5.74, 6) is 1.66. The van der Waals surface area contributed by atoms with Crippen LogP contribution in [-0.2, 0) is 4.79 Å². The Morgan fingerprint density at radius 1 is 1.28 bits per heavy atom. The fraction of sp³-hybridized carbons (Fsp3) is 0.500. The van der Waals surface area contributed by atoms with Crippen molar-refractivity contribution in [2.24, 2.45) is 0 Å². The molecule has 134 valence electrons. The lowest BCUT2D eigenvalue weighted by Gasteiger charge is -2.13. The molecule has 3 rings (SSSR count). The van der Waals surface area contributed by atoms with E-state index < -0.39 is 0 Å². The molecule has 0 unspecified atom stereocenters. The van der Waals surface area contributed by atoms with Crippen molar-refractivity contribution >= 4 is 29.0 Å². The van der Waals surface area contributed by atoms with Gasteiger partial charge in [-0.15, -0.1) is 10.2 Å². The smallest absolute Gasteiger partial charge is 0.234 e. The molecular formula is C18H25N5OS. The van der Waals surface area contributed by atoms with E-state index in [1.807, 2.05) is 43.3 Å². The van der Waals surface area contributed by atoms with Crippen LogP contribution in [0.3, 0.4) is 0 Å². The zero-order valence-corrected chi connectivity index (χ0v) is 16.0. The Balaban J connectivity index is 1.59. The lowest BCUT2D eigenvalue weighted by atomic mass is 10.2. The molecule has 0 atom stereocenters. The number of anilines is 2. The van der Waals surface area contributed by atoms with Crippen molar-refractivity contribution in [3.8, 4) is 0 Å². The van der Waals surface area contributed by atoms with Crippen LogP contribution in [-0.4, -0.2) is 40.5 Å². The molecule has 0 radical (unpaired) electrons. The van der Waals surface area contributed by atoms with Gasteiger partial charge in [-0.05, 0) is 37.1 Å². The van der Waals surface area contributed by atoms with Crippen molar-refractivity contribution in [1.82, 2.24) is 14.8 Å². The molecule has 1 aromatic carbocycles. The summed E-state index contributed by atoms with van der Waals surface area (Å²) in [7, 11) is 3.98. The van der Waals surface area contributed by atoms with Gasteiger partial charge >= 0.3 is 0 Å². The maximum Gasteiger partial charge on any atom is 0.234 e. The van der Waals surface area contributed by atoms with Crippen molar-refractivity contribution in [1.29, 1.82) is 0 Å². The highest BCUT2D eigenvalue weighted by Crippen LogP contribution is 2.40. The predicted molar refractivity (Wildman–Crippen MR) is 103 cm³/mol. The topological polar surface area (TPSA) is 63.1 Å². The number of hydrogen-bond donors (Lipinski definition) is 1. The van der Waals surface area contributed by atoms with E-state index in [1.54, 1.807) is 0 Å². The molecule has 0 spiro atoms. The first-order chi connectivity index (χ1) is 12.0. The fourth-order valence-electron chi connectivity index (χ4n) is 2.63. The van der Waals surface area contributed by atoms with Crippen molar-refractivity contribution in [2.75, 3.05) is 30.1 Å². The number of rotatable bonds is 7. The largest absolute Gasteiger partial charge is 0.378 e. The molecule has 6 nitrogen and oxygen atoms in total. The van der Waals surface area contributed by atoms with Crippen LogP contribution in [0.5, 0.6) is 0 Å². The van der Waals surface area contributed by atoms with Gasteiger partial charge in [-0.1, -0.05) is 25.6 Å². The highest BCUT2D eigenvalue weighted by atomic mass is 32.2. The minimum Gasteiger partial charge on any atom is -0.378 e. The second-order valence-electron chi connectivity index (χ2n) is 6.87. The summed E-state index contributed by atoms with van der Waals surface area (Å²) in [5.41, 5.74) is 1.91. The summed E-state index contributed by atoms with van der Waals surface area (Å²) in [4.78, 5) is 14.3. The molecule has 0 bridgehead atoms. The number of nitrogens with one attached hydrogen (secondary N) is 1. The molecule has 0 aliphatic heterocycles. The van der Waals surface area contributed by atoms with Crippen LogP contribution >= 0.6 is 11.8 Å². The van der Waals surface area contributed by atoms with Gasteiger partial charge in [0.15, 0.2) is 5.16 Å². The van der Waals surface area contributed by atoms with E-state index in [4.69, 9.17) is 0 Å². The number of carbonyl (C=O) groups is 1. The number of aromatic nitrogens is 3. The third-order valence-corrected chi connectivity index (χ3v) is 5.06. The number of amides is 1. The maximum atomic E-state index is 12.2. The zero-order valence-electron chi connectivity index (χ0n) is 15.2. The number of thioether (sulfide) groups is 1. The van der Waals surface area contributed by atoms with E-state index in [9.17, 15) is 4.79 Å². The number of hydrogen-bond acceptors (Lipinski definition) is 5. The number of carbonyl (C=O) groups excluding carboxylic acids is 1. The second-order valence-corrected chi connectivity index (χ2v) is 7.82. The molecule has 7 heteroatoms. The lowest BCUT2D eigenvalue weighted by Crippen LogP contribution is -2.15. The second kappa shape index (κ2) is 7.47. The van der Waals surface area contributed by atoms with Gasteiger partial charge in [0, 0.05) is 37.4 Å². The molecule has 1 amide bonds. The van der Waals surface area contributed by atoms with Crippen LogP contribution in [0.4, 0.5) is 11.4 Å². The van der Waals surface area contributed by atoms with Crippen molar-refractivity contribution in [3.05, 3.63) is 30.1 Å². The van der Waals surface area contributed by atoms with Crippen molar-refractivity contribution < 1.29 is 4.79 Å². The fourth-order valence-corrected chi connectivity index (χ4v) is 3.44. The van der Waals surface area contributed by atoms with Crippen LogP contribution in [0.1, 0.15) is 44.5 Å². The first-order valence-electron chi connectivity index (χ1n) is 8.60. The minimum atomic E-state index is -0.0287. The Labute approximate surface area is 153 Å². The van der Waals surface area contributed by atoms with Gasteiger partial charge in [-0.3, -0.25) is 4.79 Å². The Bertz CT molecular complexity index is 734. The molecule has 1 aliphatic rings. The van der Waals surface area contributed by atoms with Crippen LogP contribution in [0, 0.1) is 0 Å². The number of benzene rings is 1. The Hall–Kier alpha value is -2.02. The molecule has 1 fully saturated rings.